The molecule has 0 unspecified atom stereocenters. The number of carbonyl (C=O) groups excluding carboxylic acids is 2. The minimum Gasteiger partial charge on any atom is -0.452 e. The Morgan fingerprint density at radius 1 is 1.22 bits per heavy atom. The standard InChI is InChI=1S/C21H28N4O5S2/c1-14-19(20(22-2)31-24-14)21(27)30-13-18(26)23-16-11-7-8-12-17(16)32(28,29)25(3)15-9-5-4-6-10-15/h7-8,11-12,15,22H,4-6,9-10,13H2,1-3H3,(H,23,26). The van der Waals surface area contributed by atoms with Gasteiger partial charge in [0.15, 0.2) is 6.61 Å². The van der Waals surface area contributed by atoms with Crippen LogP contribution in [-0.2, 0) is 19.6 Å². The minimum atomic E-state index is -3.80. The van der Waals surface area contributed by atoms with Gasteiger partial charge < -0.3 is 15.4 Å². The molecular formula is C21H28N4O5S2. The van der Waals surface area contributed by atoms with Crippen molar-refractivity contribution in [3.63, 3.8) is 0 Å². The van der Waals surface area contributed by atoms with Gasteiger partial charge in [0, 0.05) is 20.1 Å². The molecule has 1 amide bonds. The predicted molar refractivity (Wildman–Crippen MR) is 124 cm³/mol. The Hall–Kier alpha value is -2.50. The molecule has 9 nitrogen and oxygen atoms in total. The van der Waals surface area contributed by atoms with Crippen molar-refractivity contribution in [1.82, 2.24) is 8.68 Å². The average Bonchev–Trinajstić information content (AvgIpc) is 3.18. The number of carbonyl (C=O) groups is 2. The monoisotopic (exact) mass is 480 g/mol. The average molecular weight is 481 g/mol. The van der Waals surface area contributed by atoms with Crippen LogP contribution in [-0.4, -0.2) is 55.7 Å². The van der Waals surface area contributed by atoms with Crippen LogP contribution in [0.5, 0.6) is 0 Å². The Morgan fingerprint density at radius 2 is 1.91 bits per heavy atom. The molecule has 0 aliphatic heterocycles. The number of nitrogens with zero attached hydrogens (tertiary/aromatic N) is 2. The lowest BCUT2D eigenvalue weighted by atomic mass is 9.96. The maximum Gasteiger partial charge on any atom is 0.343 e. The summed E-state index contributed by atoms with van der Waals surface area (Å²) < 4.78 is 37.1. The van der Waals surface area contributed by atoms with Gasteiger partial charge in [0.2, 0.25) is 10.0 Å². The Labute approximate surface area is 192 Å². The molecule has 1 fully saturated rings. The number of hydrogen-bond acceptors (Lipinski definition) is 8. The molecule has 174 valence electrons. The fourth-order valence-corrected chi connectivity index (χ4v) is 6.06. The Bertz CT molecular complexity index is 1080. The van der Waals surface area contributed by atoms with Gasteiger partial charge in [-0.15, -0.1) is 0 Å². The van der Waals surface area contributed by atoms with Crippen LogP contribution in [0.1, 0.15) is 48.2 Å². The van der Waals surface area contributed by atoms with E-state index < -0.39 is 28.5 Å². The lowest BCUT2D eigenvalue weighted by molar-refractivity contribution is -0.119. The first-order valence-corrected chi connectivity index (χ1v) is 12.6. The maximum absolute atomic E-state index is 13.2. The second kappa shape index (κ2) is 10.4. The molecule has 0 spiro atoms. The van der Waals surface area contributed by atoms with Crippen molar-refractivity contribution in [1.29, 1.82) is 0 Å². The molecule has 3 rings (SSSR count). The van der Waals surface area contributed by atoms with Crippen molar-refractivity contribution in [2.45, 2.75) is 50.0 Å². The molecule has 32 heavy (non-hydrogen) atoms. The molecule has 2 N–H and O–H groups in total. The topological polar surface area (TPSA) is 118 Å². The first-order valence-electron chi connectivity index (χ1n) is 10.4. The van der Waals surface area contributed by atoms with Crippen LogP contribution in [0.4, 0.5) is 10.7 Å². The summed E-state index contributed by atoms with van der Waals surface area (Å²) >= 11 is 1.13. The molecule has 1 aromatic heterocycles. The van der Waals surface area contributed by atoms with E-state index in [4.69, 9.17) is 4.74 Å². The van der Waals surface area contributed by atoms with Crippen molar-refractivity contribution in [2.75, 3.05) is 31.3 Å². The van der Waals surface area contributed by atoms with E-state index >= 15 is 0 Å². The molecule has 1 aliphatic rings. The number of nitrogens with one attached hydrogen (secondary N) is 2. The number of amides is 1. The van der Waals surface area contributed by atoms with E-state index in [-0.39, 0.29) is 22.2 Å². The van der Waals surface area contributed by atoms with Crippen molar-refractivity contribution < 1.29 is 22.7 Å². The number of benzene rings is 1. The first-order chi connectivity index (χ1) is 15.3. The number of hydrogen-bond donors (Lipinski definition) is 2. The largest absolute Gasteiger partial charge is 0.452 e. The predicted octanol–water partition coefficient (Wildman–Crippen LogP) is 3.24. The summed E-state index contributed by atoms with van der Waals surface area (Å²) in [4.78, 5) is 24.8. The van der Waals surface area contributed by atoms with Crippen molar-refractivity contribution in [2.24, 2.45) is 0 Å². The van der Waals surface area contributed by atoms with Gasteiger partial charge >= 0.3 is 5.97 Å². The highest BCUT2D eigenvalue weighted by molar-refractivity contribution is 7.89. The van der Waals surface area contributed by atoms with E-state index in [0.717, 1.165) is 43.6 Å². The Kier molecular flexibility index (Phi) is 7.86. The number of ether oxygens (including phenoxy) is 1. The molecular weight excluding hydrogens is 452 g/mol. The van der Waals surface area contributed by atoms with Gasteiger partial charge in [0.25, 0.3) is 5.91 Å². The fourth-order valence-electron chi connectivity index (χ4n) is 3.76. The van der Waals surface area contributed by atoms with Gasteiger partial charge in [-0.2, -0.15) is 8.68 Å². The number of aryl methyl sites for hydroxylation is 1. The smallest absolute Gasteiger partial charge is 0.343 e. The van der Waals surface area contributed by atoms with Crippen molar-refractivity contribution in [3.8, 4) is 0 Å². The van der Waals surface area contributed by atoms with E-state index in [1.165, 1.54) is 16.4 Å². The molecule has 1 saturated carbocycles. The molecule has 0 bridgehead atoms. The molecule has 11 heteroatoms. The van der Waals surface area contributed by atoms with Crippen LogP contribution >= 0.6 is 11.5 Å². The summed E-state index contributed by atoms with van der Waals surface area (Å²) in [5, 5.41) is 5.99. The van der Waals surface area contributed by atoms with Gasteiger partial charge in [-0.1, -0.05) is 31.4 Å². The van der Waals surface area contributed by atoms with E-state index in [2.05, 4.69) is 15.0 Å². The van der Waals surface area contributed by atoms with E-state index in [1.807, 2.05) is 0 Å². The van der Waals surface area contributed by atoms with E-state index in [9.17, 15) is 18.0 Å². The normalized spacial score (nSPS) is 14.9. The summed E-state index contributed by atoms with van der Waals surface area (Å²) in [5.41, 5.74) is 0.940. The lowest BCUT2D eigenvalue weighted by Crippen LogP contribution is -2.38. The number of sulfonamides is 1. The fraction of sp³-hybridized carbons (Fsp3) is 0.476. The molecule has 0 atom stereocenters. The summed E-state index contributed by atoms with van der Waals surface area (Å²) in [7, 11) is -0.550. The van der Waals surface area contributed by atoms with Gasteiger partial charge in [0.1, 0.15) is 15.5 Å². The molecule has 1 heterocycles. The van der Waals surface area contributed by atoms with E-state index in [1.54, 1.807) is 33.2 Å². The zero-order valence-corrected chi connectivity index (χ0v) is 20.0. The van der Waals surface area contributed by atoms with Crippen LogP contribution in [0.15, 0.2) is 29.2 Å². The van der Waals surface area contributed by atoms with Crippen molar-refractivity contribution >= 4 is 44.1 Å². The molecule has 2 aromatic rings. The molecule has 0 radical (unpaired) electrons. The first kappa shape index (κ1) is 24.1. The Balaban J connectivity index is 1.69. The maximum atomic E-state index is 13.2. The summed E-state index contributed by atoms with van der Waals surface area (Å²) in [5.74, 6) is -1.30. The Morgan fingerprint density at radius 3 is 2.59 bits per heavy atom. The van der Waals surface area contributed by atoms with Crippen molar-refractivity contribution in [3.05, 3.63) is 35.5 Å². The molecule has 1 aliphatic carbocycles. The highest BCUT2D eigenvalue weighted by atomic mass is 32.2. The SMILES string of the molecule is CNc1snc(C)c1C(=O)OCC(=O)Nc1ccccc1S(=O)(=O)N(C)C1CCCCC1. The summed E-state index contributed by atoms with van der Waals surface area (Å²) in [6.07, 6.45) is 4.77. The number of esters is 1. The van der Waals surface area contributed by atoms with Crippen LogP contribution in [0, 0.1) is 6.92 Å². The van der Waals surface area contributed by atoms with Gasteiger partial charge in [-0.25, -0.2) is 13.2 Å². The highest BCUT2D eigenvalue weighted by Gasteiger charge is 2.31. The zero-order chi connectivity index (χ0) is 23.3. The number of para-hydroxylation sites is 1. The third-order valence-electron chi connectivity index (χ3n) is 5.54. The highest BCUT2D eigenvalue weighted by Crippen LogP contribution is 2.30. The van der Waals surface area contributed by atoms with Gasteiger partial charge in [-0.05, 0) is 43.4 Å². The van der Waals surface area contributed by atoms with Gasteiger partial charge in [0.05, 0.1) is 11.4 Å². The number of aromatic nitrogens is 1. The third kappa shape index (κ3) is 5.28. The second-order valence-electron chi connectivity index (χ2n) is 7.66. The summed E-state index contributed by atoms with van der Waals surface area (Å²) in [6, 6.07) is 6.19. The second-order valence-corrected chi connectivity index (χ2v) is 10.4. The zero-order valence-electron chi connectivity index (χ0n) is 18.4. The lowest BCUT2D eigenvalue weighted by Gasteiger charge is -2.30. The number of rotatable bonds is 8. The van der Waals surface area contributed by atoms with Crippen LogP contribution in [0.25, 0.3) is 0 Å². The van der Waals surface area contributed by atoms with Gasteiger partial charge in [-0.3, -0.25) is 4.79 Å². The summed E-state index contributed by atoms with van der Waals surface area (Å²) in [6.45, 7) is 1.13. The van der Waals surface area contributed by atoms with Crippen LogP contribution in [0.2, 0.25) is 0 Å². The molecule has 1 aromatic carbocycles. The van der Waals surface area contributed by atoms with Crippen LogP contribution in [0.3, 0.4) is 0 Å². The number of anilines is 2. The van der Waals surface area contributed by atoms with Crippen LogP contribution < -0.4 is 10.6 Å². The third-order valence-corrected chi connectivity index (χ3v) is 8.46. The van der Waals surface area contributed by atoms with E-state index in [0.29, 0.717) is 10.7 Å². The minimum absolute atomic E-state index is 0.0168. The molecule has 0 saturated heterocycles. The quantitative estimate of drug-likeness (QED) is 0.557.